The lowest BCUT2D eigenvalue weighted by molar-refractivity contribution is 0.0830. The van der Waals surface area contributed by atoms with Gasteiger partial charge in [-0.3, -0.25) is 4.79 Å². The summed E-state index contributed by atoms with van der Waals surface area (Å²) in [5, 5.41) is 0.836. The lowest BCUT2D eigenvalue weighted by atomic mass is 10.3. The van der Waals surface area contributed by atoms with E-state index in [0.29, 0.717) is 5.69 Å². The summed E-state index contributed by atoms with van der Waals surface area (Å²) in [5.74, 6) is -0.0517. The van der Waals surface area contributed by atoms with E-state index in [1.54, 1.807) is 18.1 Å². The highest BCUT2D eigenvalue weighted by Gasteiger charge is 2.18. The van der Waals surface area contributed by atoms with Gasteiger partial charge in [-0.15, -0.1) is 0 Å². The predicted octanol–water partition coefficient (Wildman–Crippen LogP) is 3.08. The second kappa shape index (κ2) is 7.19. The summed E-state index contributed by atoms with van der Waals surface area (Å²) in [6.45, 7) is 3.99. The van der Waals surface area contributed by atoms with Crippen molar-refractivity contribution in [1.29, 1.82) is 0 Å². The zero-order valence-electron chi connectivity index (χ0n) is 12.2. The van der Waals surface area contributed by atoms with E-state index in [0.717, 1.165) is 17.3 Å². The van der Waals surface area contributed by atoms with Crippen molar-refractivity contribution >= 4 is 17.7 Å². The summed E-state index contributed by atoms with van der Waals surface area (Å²) < 4.78 is 1.82. The molecule has 0 aliphatic heterocycles. The Morgan fingerprint density at radius 1 is 1.58 bits per heavy atom. The third-order valence-electron chi connectivity index (χ3n) is 2.86. The van der Waals surface area contributed by atoms with Gasteiger partial charge in [-0.1, -0.05) is 30.8 Å². The first kappa shape index (κ1) is 15.6. The number of carbonyl (C=O) groups is 1. The molecule has 0 saturated heterocycles. The molecule has 0 spiro atoms. The molecule has 0 saturated carbocycles. The number of imidazole rings is 1. The summed E-state index contributed by atoms with van der Waals surface area (Å²) in [6.07, 6.45) is 10.4. The van der Waals surface area contributed by atoms with Crippen LogP contribution in [0.1, 0.15) is 30.8 Å². The Kier molecular flexibility index (Phi) is 5.89. The number of amides is 1. The molecule has 0 bridgehead atoms. The molecule has 0 aliphatic carbocycles. The van der Waals surface area contributed by atoms with Crippen molar-refractivity contribution in [2.75, 3.05) is 13.3 Å². The van der Waals surface area contributed by atoms with Gasteiger partial charge in [0, 0.05) is 19.8 Å². The van der Waals surface area contributed by atoms with Gasteiger partial charge in [0.1, 0.15) is 5.69 Å². The first-order valence-corrected chi connectivity index (χ1v) is 7.45. The van der Waals surface area contributed by atoms with Gasteiger partial charge in [-0.2, -0.15) is 0 Å². The number of carbonyl (C=O) groups excluding carboxylic acids is 1. The largest absolute Gasteiger partial charge is 0.318 e. The fraction of sp³-hybridized carbons (Fsp3) is 0.429. The summed E-state index contributed by atoms with van der Waals surface area (Å²) in [6, 6.07) is 0. The number of thioether (sulfide) groups is 1. The monoisotopic (exact) mass is 279 g/mol. The number of hydrogen-bond acceptors (Lipinski definition) is 3. The third kappa shape index (κ3) is 3.50. The van der Waals surface area contributed by atoms with Gasteiger partial charge in [-0.25, -0.2) is 4.98 Å². The minimum absolute atomic E-state index is 0.0517. The third-order valence-corrected chi connectivity index (χ3v) is 3.60. The molecular weight excluding hydrogens is 258 g/mol. The summed E-state index contributed by atoms with van der Waals surface area (Å²) in [7, 11) is 3.64. The lowest BCUT2D eigenvalue weighted by Crippen LogP contribution is -2.27. The maximum Gasteiger partial charge on any atom is 0.276 e. The fourth-order valence-electron chi connectivity index (χ4n) is 1.71. The van der Waals surface area contributed by atoms with E-state index in [1.165, 1.54) is 11.8 Å². The number of rotatable bonds is 5. The fourth-order valence-corrected chi connectivity index (χ4v) is 2.24. The van der Waals surface area contributed by atoms with E-state index in [1.807, 2.05) is 43.0 Å². The minimum atomic E-state index is -0.0517. The van der Waals surface area contributed by atoms with Gasteiger partial charge in [-0.05, 0) is 25.7 Å². The lowest BCUT2D eigenvalue weighted by Gasteiger charge is -2.18. The average molecular weight is 279 g/mol. The van der Waals surface area contributed by atoms with E-state index < -0.39 is 0 Å². The maximum absolute atomic E-state index is 12.4. The Labute approximate surface area is 119 Å². The number of nitrogens with zero attached hydrogens (tertiary/aromatic N) is 3. The highest BCUT2D eigenvalue weighted by atomic mass is 32.2. The summed E-state index contributed by atoms with van der Waals surface area (Å²) in [4.78, 5) is 18.3. The first-order chi connectivity index (χ1) is 9.06. The molecular formula is C14H21N3OS. The van der Waals surface area contributed by atoms with Gasteiger partial charge in [0.2, 0.25) is 0 Å². The zero-order valence-corrected chi connectivity index (χ0v) is 13.0. The number of hydrogen-bond donors (Lipinski definition) is 0. The summed E-state index contributed by atoms with van der Waals surface area (Å²) in [5.41, 5.74) is 1.48. The smallest absolute Gasteiger partial charge is 0.276 e. The standard InChI is InChI=1S/C14H21N3OS/c1-6-8-9-11(7-2)16(3)13(18)12-10-15-14(19-5)17(12)4/h7-10H,6H2,1-5H3/b9-8-,11-7+. The Bertz CT molecular complexity index is 503. The van der Waals surface area contributed by atoms with E-state index in [4.69, 9.17) is 0 Å². The van der Waals surface area contributed by atoms with Crippen molar-refractivity contribution < 1.29 is 4.79 Å². The molecule has 1 heterocycles. The SMILES string of the molecule is C/C=C(\C=C/CC)N(C)C(=O)c1cnc(SC)n1C. The average Bonchev–Trinajstić information content (AvgIpc) is 2.79. The highest BCUT2D eigenvalue weighted by molar-refractivity contribution is 7.98. The maximum atomic E-state index is 12.4. The van der Waals surface area contributed by atoms with Crippen LogP contribution < -0.4 is 0 Å². The van der Waals surface area contributed by atoms with Crippen molar-refractivity contribution in [2.45, 2.75) is 25.4 Å². The van der Waals surface area contributed by atoms with Crippen molar-refractivity contribution in [3.05, 3.63) is 35.8 Å². The van der Waals surface area contributed by atoms with Crippen LogP contribution >= 0.6 is 11.8 Å². The van der Waals surface area contributed by atoms with Crippen molar-refractivity contribution in [3.8, 4) is 0 Å². The van der Waals surface area contributed by atoms with Crippen LogP contribution in [0.4, 0.5) is 0 Å². The normalized spacial score (nSPS) is 12.2. The molecule has 0 unspecified atom stereocenters. The predicted molar refractivity (Wildman–Crippen MR) is 80.3 cm³/mol. The molecule has 1 rings (SSSR count). The van der Waals surface area contributed by atoms with Gasteiger partial charge in [0.15, 0.2) is 5.16 Å². The zero-order chi connectivity index (χ0) is 14.4. The van der Waals surface area contributed by atoms with Crippen LogP contribution in [-0.4, -0.2) is 33.7 Å². The summed E-state index contributed by atoms with van der Waals surface area (Å²) >= 11 is 1.53. The van der Waals surface area contributed by atoms with Crippen LogP contribution in [0.2, 0.25) is 0 Å². The Morgan fingerprint density at radius 2 is 2.26 bits per heavy atom. The van der Waals surface area contributed by atoms with Crippen LogP contribution in [0.15, 0.2) is 35.3 Å². The second-order valence-electron chi connectivity index (χ2n) is 4.08. The van der Waals surface area contributed by atoms with Crippen LogP contribution in [0.3, 0.4) is 0 Å². The van der Waals surface area contributed by atoms with Crippen LogP contribution in [0.25, 0.3) is 0 Å². The molecule has 104 valence electrons. The van der Waals surface area contributed by atoms with Gasteiger partial charge < -0.3 is 9.47 Å². The molecule has 1 amide bonds. The molecule has 0 radical (unpaired) electrons. The quantitative estimate of drug-likeness (QED) is 0.614. The molecule has 0 N–H and O–H groups in total. The Balaban J connectivity index is 2.98. The van der Waals surface area contributed by atoms with Gasteiger partial charge in [0.25, 0.3) is 5.91 Å². The number of allylic oxidation sites excluding steroid dienone is 3. The van der Waals surface area contributed by atoms with Gasteiger partial charge in [0.05, 0.1) is 6.20 Å². The molecule has 5 heteroatoms. The van der Waals surface area contributed by atoms with Crippen LogP contribution in [0.5, 0.6) is 0 Å². The number of aromatic nitrogens is 2. The van der Waals surface area contributed by atoms with Gasteiger partial charge >= 0.3 is 0 Å². The molecule has 1 aromatic rings. The molecule has 19 heavy (non-hydrogen) atoms. The van der Waals surface area contributed by atoms with Crippen LogP contribution in [-0.2, 0) is 7.05 Å². The molecule has 0 aromatic carbocycles. The van der Waals surface area contributed by atoms with Crippen molar-refractivity contribution in [3.63, 3.8) is 0 Å². The van der Waals surface area contributed by atoms with E-state index in [-0.39, 0.29) is 5.91 Å². The molecule has 4 nitrogen and oxygen atoms in total. The van der Waals surface area contributed by atoms with E-state index >= 15 is 0 Å². The minimum Gasteiger partial charge on any atom is -0.318 e. The van der Waals surface area contributed by atoms with Crippen molar-refractivity contribution in [1.82, 2.24) is 14.5 Å². The van der Waals surface area contributed by atoms with Crippen molar-refractivity contribution in [2.24, 2.45) is 7.05 Å². The molecule has 1 aromatic heterocycles. The second-order valence-corrected chi connectivity index (χ2v) is 4.85. The van der Waals surface area contributed by atoms with E-state index in [2.05, 4.69) is 11.9 Å². The molecule has 0 aliphatic rings. The van der Waals surface area contributed by atoms with Crippen LogP contribution in [0, 0.1) is 0 Å². The Morgan fingerprint density at radius 3 is 2.74 bits per heavy atom. The van der Waals surface area contributed by atoms with E-state index in [9.17, 15) is 4.79 Å². The topological polar surface area (TPSA) is 38.1 Å². The first-order valence-electron chi connectivity index (χ1n) is 6.23. The Hall–Kier alpha value is -1.49. The highest BCUT2D eigenvalue weighted by Crippen LogP contribution is 2.16. The number of likely N-dealkylation sites (N-methyl/N-ethyl adjacent to an activating group) is 1. The molecule has 0 atom stereocenters. The molecule has 0 fully saturated rings.